The number of methoxy groups -OCH3 is 2. The van der Waals surface area contributed by atoms with Crippen LogP contribution in [0.15, 0.2) is 48.0 Å². The van der Waals surface area contributed by atoms with E-state index in [-0.39, 0.29) is 36.0 Å². The standard InChI is InChI=1S/C25H29NO7/c1-4-5-12-33-18-8-6-7-17(14-18)23(28)21-22(16-9-10-19(27)20(15-16)32-3)26(11-13-31-2)25(30)24(21)29/h6-10,14-15,22,27-28H,4-5,11-13H2,1-3H3. The van der Waals surface area contributed by atoms with Crippen LogP contribution in [-0.2, 0) is 14.3 Å². The number of aromatic hydroxyl groups is 1. The van der Waals surface area contributed by atoms with E-state index in [4.69, 9.17) is 14.2 Å². The van der Waals surface area contributed by atoms with Gasteiger partial charge in [-0.15, -0.1) is 0 Å². The lowest BCUT2D eigenvalue weighted by molar-refractivity contribution is -0.140. The number of hydrogen-bond acceptors (Lipinski definition) is 7. The summed E-state index contributed by atoms with van der Waals surface area (Å²) in [5, 5.41) is 21.2. The number of phenols is 1. The van der Waals surface area contributed by atoms with E-state index in [1.807, 2.05) is 0 Å². The molecule has 1 aliphatic heterocycles. The maximum atomic E-state index is 13.0. The SMILES string of the molecule is CCCCOc1cccc(C(O)=C2C(=O)C(=O)N(CCOC)C2c2ccc(O)c(OC)c2)c1. The number of hydrogen-bond donors (Lipinski definition) is 2. The molecule has 0 bridgehead atoms. The first kappa shape index (κ1) is 24.1. The van der Waals surface area contributed by atoms with Gasteiger partial charge in [-0.25, -0.2) is 0 Å². The van der Waals surface area contributed by atoms with Gasteiger partial charge in [-0.3, -0.25) is 9.59 Å². The number of carbonyl (C=O) groups is 2. The first-order valence-corrected chi connectivity index (χ1v) is 10.8. The number of ether oxygens (including phenoxy) is 3. The summed E-state index contributed by atoms with van der Waals surface area (Å²) in [6.07, 6.45) is 1.88. The number of phenolic OH excluding ortho intramolecular Hbond substituents is 1. The molecule has 1 atom stereocenters. The number of Topliss-reactive ketones (excluding diaryl/α,β-unsaturated/α-hetero) is 1. The monoisotopic (exact) mass is 455 g/mol. The molecule has 1 aliphatic rings. The van der Waals surface area contributed by atoms with Gasteiger partial charge in [-0.05, 0) is 36.2 Å². The number of amides is 1. The van der Waals surface area contributed by atoms with E-state index in [0.29, 0.717) is 23.5 Å². The number of rotatable bonds is 10. The number of unbranched alkanes of at least 4 members (excludes halogenated alkanes) is 1. The van der Waals surface area contributed by atoms with Gasteiger partial charge in [0.25, 0.3) is 11.7 Å². The summed E-state index contributed by atoms with van der Waals surface area (Å²) in [7, 11) is 2.91. The Hall–Kier alpha value is -3.52. The zero-order valence-electron chi connectivity index (χ0n) is 19.0. The highest BCUT2D eigenvalue weighted by Gasteiger charge is 2.46. The fourth-order valence-electron chi connectivity index (χ4n) is 3.73. The van der Waals surface area contributed by atoms with E-state index in [0.717, 1.165) is 12.8 Å². The zero-order chi connectivity index (χ0) is 24.0. The Bertz CT molecular complexity index is 1050. The molecule has 0 aromatic heterocycles. The Morgan fingerprint density at radius 3 is 2.58 bits per heavy atom. The molecule has 0 saturated carbocycles. The molecule has 1 heterocycles. The van der Waals surface area contributed by atoms with E-state index >= 15 is 0 Å². The van der Waals surface area contributed by atoms with E-state index in [1.54, 1.807) is 36.4 Å². The average molecular weight is 456 g/mol. The van der Waals surface area contributed by atoms with Crippen LogP contribution in [0.1, 0.15) is 36.9 Å². The number of aliphatic hydroxyl groups is 1. The third-order valence-corrected chi connectivity index (χ3v) is 5.47. The second-order valence-corrected chi connectivity index (χ2v) is 7.65. The molecular formula is C25H29NO7. The van der Waals surface area contributed by atoms with Crippen LogP contribution in [0.5, 0.6) is 17.2 Å². The molecule has 2 aromatic rings. The number of benzene rings is 2. The maximum absolute atomic E-state index is 13.0. The third-order valence-electron chi connectivity index (χ3n) is 5.47. The molecule has 1 saturated heterocycles. The van der Waals surface area contributed by atoms with Crippen molar-refractivity contribution in [3.8, 4) is 17.2 Å². The summed E-state index contributed by atoms with van der Waals surface area (Å²) in [6.45, 7) is 2.95. The minimum absolute atomic E-state index is 0.0467. The predicted molar refractivity (Wildman–Crippen MR) is 122 cm³/mol. The van der Waals surface area contributed by atoms with Crippen molar-refractivity contribution in [3.05, 3.63) is 59.2 Å². The van der Waals surface area contributed by atoms with Crippen molar-refractivity contribution in [1.29, 1.82) is 0 Å². The second-order valence-electron chi connectivity index (χ2n) is 7.65. The summed E-state index contributed by atoms with van der Waals surface area (Å²) in [5.41, 5.74) is 0.830. The van der Waals surface area contributed by atoms with Crippen LogP contribution in [0.25, 0.3) is 5.76 Å². The van der Waals surface area contributed by atoms with Gasteiger partial charge in [0, 0.05) is 19.2 Å². The Labute approximate surface area is 193 Å². The summed E-state index contributed by atoms with van der Waals surface area (Å²) in [5.74, 6) is -1.16. The quantitative estimate of drug-likeness (QED) is 0.244. The molecule has 0 radical (unpaired) electrons. The Morgan fingerprint density at radius 1 is 1.09 bits per heavy atom. The molecule has 1 unspecified atom stereocenters. The largest absolute Gasteiger partial charge is 0.507 e. The summed E-state index contributed by atoms with van der Waals surface area (Å²) in [4.78, 5) is 27.3. The molecule has 33 heavy (non-hydrogen) atoms. The van der Waals surface area contributed by atoms with Gasteiger partial charge < -0.3 is 29.3 Å². The first-order valence-electron chi connectivity index (χ1n) is 10.8. The molecule has 8 heteroatoms. The minimum atomic E-state index is -0.876. The lowest BCUT2D eigenvalue weighted by Crippen LogP contribution is -2.32. The van der Waals surface area contributed by atoms with Crippen LogP contribution in [0, 0.1) is 0 Å². The van der Waals surface area contributed by atoms with E-state index < -0.39 is 17.7 Å². The Kier molecular flexibility index (Phi) is 7.95. The van der Waals surface area contributed by atoms with E-state index in [2.05, 4.69) is 6.92 Å². The van der Waals surface area contributed by atoms with Crippen LogP contribution < -0.4 is 9.47 Å². The van der Waals surface area contributed by atoms with Gasteiger partial charge in [0.2, 0.25) is 0 Å². The van der Waals surface area contributed by atoms with Gasteiger partial charge in [-0.2, -0.15) is 0 Å². The maximum Gasteiger partial charge on any atom is 0.295 e. The zero-order valence-corrected chi connectivity index (χ0v) is 19.0. The van der Waals surface area contributed by atoms with Crippen molar-refractivity contribution in [2.24, 2.45) is 0 Å². The van der Waals surface area contributed by atoms with Crippen molar-refractivity contribution in [3.63, 3.8) is 0 Å². The van der Waals surface area contributed by atoms with Crippen molar-refractivity contribution < 1.29 is 34.0 Å². The predicted octanol–water partition coefficient (Wildman–Crippen LogP) is 3.65. The summed E-state index contributed by atoms with van der Waals surface area (Å²) >= 11 is 0. The van der Waals surface area contributed by atoms with E-state index in [9.17, 15) is 19.8 Å². The van der Waals surface area contributed by atoms with Crippen LogP contribution in [0.4, 0.5) is 0 Å². The van der Waals surface area contributed by atoms with Gasteiger partial charge in [-0.1, -0.05) is 31.5 Å². The topological polar surface area (TPSA) is 106 Å². The second kappa shape index (κ2) is 10.9. The molecule has 2 aromatic carbocycles. The van der Waals surface area contributed by atoms with Crippen molar-refractivity contribution in [2.75, 3.05) is 34.0 Å². The smallest absolute Gasteiger partial charge is 0.295 e. The highest BCUT2D eigenvalue weighted by atomic mass is 16.5. The lowest BCUT2D eigenvalue weighted by Gasteiger charge is -2.25. The summed E-state index contributed by atoms with van der Waals surface area (Å²) < 4.78 is 16.0. The number of likely N-dealkylation sites (tertiary alicyclic amines) is 1. The Balaban J connectivity index is 2.10. The lowest BCUT2D eigenvalue weighted by atomic mass is 9.95. The fourth-order valence-corrected chi connectivity index (χ4v) is 3.73. The molecule has 2 N–H and O–H groups in total. The molecule has 3 rings (SSSR count). The molecule has 8 nitrogen and oxygen atoms in total. The van der Waals surface area contributed by atoms with Crippen LogP contribution in [0.3, 0.4) is 0 Å². The average Bonchev–Trinajstić information content (AvgIpc) is 3.07. The normalized spacial score (nSPS) is 17.4. The van der Waals surface area contributed by atoms with Gasteiger partial charge in [0.1, 0.15) is 11.5 Å². The Morgan fingerprint density at radius 2 is 1.88 bits per heavy atom. The molecule has 176 valence electrons. The highest BCUT2D eigenvalue weighted by molar-refractivity contribution is 6.46. The molecule has 0 spiro atoms. The van der Waals surface area contributed by atoms with Crippen LogP contribution in [0.2, 0.25) is 0 Å². The number of nitrogens with zero attached hydrogens (tertiary/aromatic N) is 1. The highest BCUT2D eigenvalue weighted by Crippen LogP contribution is 2.41. The third kappa shape index (κ3) is 5.12. The number of carbonyl (C=O) groups excluding carboxylic acids is 2. The van der Waals surface area contributed by atoms with Crippen LogP contribution >= 0.6 is 0 Å². The minimum Gasteiger partial charge on any atom is -0.507 e. The molecule has 1 amide bonds. The van der Waals surface area contributed by atoms with Crippen molar-refractivity contribution in [1.82, 2.24) is 4.90 Å². The van der Waals surface area contributed by atoms with Crippen LogP contribution in [-0.4, -0.2) is 60.8 Å². The fraction of sp³-hybridized carbons (Fsp3) is 0.360. The number of aliphatic hydroxyl groups excluding tert-OH is 1. The molecule has 1 fully saturated rings. The van der Waals surface area contributed by atoms with Crippen molar-refractivity contribution in [2.45, 2.75) is 25.8 Å². The molecule has 0 aliphatic carbocycles. The first-order chi connectivity index (χ1) is 15.9. The molecular weight excluding hydrogens is 426 g/mol. The summed E-state index contributed by atoms with van der Waals surface area (Å²) in [6, 6.07) is 10.5. The van der Waals surface area contributed by atoms with E-state index in [1.165, 1.54) is 25.2 Å². The number of ketones is 1. The van der Waals surface area contributed by atoms with Crippen molar-refractivity contribution >= 4 is 17.4 Å². The van der Waals surface area contributed by atoms with Gasteiger partial charge >= 0.3 is 0 Å². The van der Waals surface area contributed by atoms with Gasteiger partial charge in [0.05, 0.1) is 31.9 Å². The van der Waals surface area contributed by atoms with Gasteiger partial charge in [0.15, 0.2) is 11.5 Å².